The predicted molar refractivity (Wildman–Crippen MR) is 109 cm³/mol. The number of rotatable bonds is 6. The molecular formula is C23H28O6. The first-order chi connectivity index (χ1) is 13.8. The van der Waals surface area contributed by atoms with Crippen molar-refractivity contribution in [1.82, 2.24) is 0 Å². The van der Waals surface area contributed by atoms with Crippen LogP contribution in [0.25, 0.3) is 5.57 Å². The molecular weight excluding hydrogens is 372 g/mol. The normalized spacial score (nSPS) is 27.0. The molecule has 0 bridgehead atoms. The SMILES string of the molecule is C=C(CO)c1ccc(Cc2cc([C@@H]3O[C@H](CO)[C@@H](O)[C@H](O)[C@H]3O)ccc2C)cc1. The van der Waals surface area contributed by atoms with Crippen LogP contribution in [0.2, 0.25) is 0 Å². The highest BCUT2D eigenvalue weighted by molar-refractivity contribution is 5.64. The first-order valence-corrected chi connectivity index (χ1v) is 9.63. The monoisotopic (exact) mass is 400 g/mol. The molecule has 5 atom stereocenters. The molecule has 0 spiro atoms. The molecule has 156 valence electrons. The van der Waals surface area contributed by atoms with Crippen molar-refractivity contribution < 1.29 is 30.3 Å². The summed E-state index contributed by atoms with van der Waals surface area (Å²) in [6, 6.07) is 13.5. The highest BCUT2D eigenvalue weighted by Crippen LogP contribution is 2.33. The molecule has 0 aromatic heterocycles. The Labute approximate surface area is 170 Å². The molecule has 1 saturated heterocycles. The molecule has 2 aromatic carbocycles. The molecule has 1 fully saturated rings. The van der Waals surface area contributed by atoms with Gasteiger partial charge in [-0.15, -0.1) is 0 Å². The van der Waals surface area contributed by atoms with Gasteiger partial charge < -0.3 is 30.3 Å². The Morgan fingerprint density at radius 1 is 0.966 bits per heavy atom. The molecule has 3 rings (SSSR count). The van der Waals surface area contributed by atoms with Crippen LogP contribution in [0.3, 0.4) is 0 Å². The van der Waals surface area contributed by atoms with Gasteiger partial charge in [0.25, 0.3) is 0 Å². The average Bonchev–Trinajstić information content (AvgIpc) is 2.74. The van der Waals surface area contributed by atoms with E-state index in [-0.39, 0.29) is 6.61 Å². The summed E-state index contributed by atoms with van der Waals surface area (Å²) >= 11 is 0. The van der Waals surface area contributed by atoms with Crippen molar-refractivity contribution in [2.45, 2.75) is 43.9 Å². The van der Waals surface area contributed by atoms with E-state index in [0.717, 1.165) is 22.3 Å². The van der Waals surface area contributed by atoms with E-state index in [1.165, 1.54) is 0 Å². The maximum absolute atomic E-state index is 10.4. The molecule has 0 aliphatic carbocycles. The summed E-state index contributed by atoms with van der Waals surface area (Å²) in [5.74, 6) is 0. The van der Waals surface area contributed by atoms with Gasteiger partial charge in [0, 0.05) is 0 Å². The number of aryl methyl sites for hydroxylation is 1. The fraction of sp³-hybridized carbons (Fsp3) is 0.391. The smallest absolute Gasteiger partial charge is 0.113 e. The van der Waals surface area contributed by atoms with Crippen molar-refractivity contribution in [2.24, 2.45) is 0 Å². The molecule has 0 unspecified atom stereocenters. The zero-order valence-electron chi connectivity index (χ0n) is 16.4. The fourth-order valence-electron chi connectivity index (χ4n) is 3.61. The topological polar surface area (TPSA) is 110 Å². The van der Waals surface area contributed by atoms with Gasteiger partial charge >= 0.3 is 0 Å². The maximum atomic E-state index is 10.4. The Hall–Kier alpha value is -2.06. The molecule has 0 amide bonds. The van der Waals surface area contributed by atoms with Gasteiger partial charge in [-0.3, -0.25) is 0 Å². The van der Waals surface area contributed by atoms with Crippen LogP contribution in [0, 0.1) is 6.92 Å². The summed E-state index contributed by atoms with van der Waals surface area (Å²) in [7, 11) is 0. The van der Waals surface area contributed by atoms with Crippen LogP contribution in [-0.2, 0) is 11.2 Å². The number of aliphatic hydroxyl groups is 5. The molecule has 1 heterocycles. The van der Waals surface area contributed by atoms with Gasteiger partial charge in [-0.2, -0.15) is 0 Å². The molecule has 0 radical (unpaired) electrons. The third kappa shape index (κ3) is 4.59. The van der Waals surface area contributed by atoms with E-state index in [4.69, 9.17) is 4.74 Å². The van der Waals surface area contributed by atoms with Crippen LogP contribution in [0.5, 0.6) is 0 Å². The molecule has 5 N–H and O–H groups in total. The van der Waals surface area contributed by atoms with Gasteiger partial charge in [0.1, 0.15) is 30.5 Å². The minimum Gasteiger partial charge on any atom is -0.394 e. The summed E-state index contributed by atoms with van der Waals surface area (Å²) in [5.41, 5.74) is 5.41. The van der Waals surface area contributed by atoms with E-state index < -0.39 is 37.1 Å². The molecule has 1 aliphatic heterocycles. The molecule has 0 saturated carbocycles. The van der Waals surface area contributed by atoms with Crippen molar-refractivity contribution in [1.29, 1.82) is 0 Å². The zero-order chi connectivity index (χ0) is 21.1. The van der Waals surface area contributed by atoms with E-state index >= 15 is 0 Å². The molecule has 6 heteroatoms. The maximum Gasteiger partial charge on any atom is 0.113 e. The minimum atomic E-state index is -1.40. The van der Waals surface area contributed by atoms with E-state index in [2.05, 4.69) is 6.58 Å². The second-order valence-corrected chi connectivity index (χ2v) is 7.57. The average molecular weight is 400 g/mol. The highest BCUT2D eigenvalue weighted by atomic mass is 16.5. The number of ether oxygens (including phenoxy) is 1. The standard InChI is InChI=1S/C23H28O6/c1-13-3-6-17(23-22(28)21(27)20(26)19(12-25)29-23)10-18(13)9-15-4-7-16(8-5-15)14(2)11-24/h3-8,10,19-28H,2,9,11-12H2,1H3/t19-,20-,21+,22-,23+/m1/s1. The first kappa shape index (κ1) is 21.6. The number of hydrogen-bond donors (Lipinski definition) is 5. The lowest BCUT2D eigenvalue weighted by Gasteiger charge is -2.40. The van der Waals surface area contributed by atoms with E-state index in [0.29, 0.717) is 17.6 Å². The number of hydrogen-bond acceptors (Lipinski definition) is 6. The van der Waals surface area contributed by atoms with Crippen molar-refractivity contribution in [3.8, 4) is 0 Å². The third-order valence-corrected chi connectivity index (χ3v) is 5.54. The quantitative estimate of drug-likeness (QED) is 0.497. The Balaban J connectivity index is 1.83. The summed E-state index contributed by atoms with van der Waals surface area (Å²) in [6.45, 7) is 5.28. The lowest BCUT2D eigenvalue weighted by atomic mass is 9.89. The van der Waals surface area contributed by atoms with Crippen LogP contribution in [0.1, 0.15) is 33.9 Å². The fourth-order valence-corrected chi connectivity index (χ4v) is 3.61. The van der Waals surface area contributed by atoms with Gasteiger partial charge in [-0.1, -0.05) is 49.0 Å². The minimum absolute atomic E-state index is 0.0837. The van der Waals surface area contributed by atoms with Gasteiger partial charge in [0.15, 0.2) is 0 Å². The summed E-state index contributed by atoms with van der Waals surface area (Å²) in [6.07, 6.45) is -5.20. The van der Waals surface area contributed by atoms with Gasteiger partial charge in [0.2, 0.25) is 0 Å². The lowest BCUT2D eigenvalue weighted by molar-refractivity contribution is -0.231. The highest BCUT2D eigenvalue weighted by Gasteiger charge is 2.43. The van der Waals surface area contributed by atoms with Crippen LogP contribution >= 0.6 is 0 Å². The van der Waals surface area contributed by atoms with Crippen molar-refractivity contribution in [3.63, 3.8) is 0 Å². The zero-order valence-corrected chi connectivity index (χ0v) is 16.4. The van der Waals surface area contributed by atoms with Gasteiger partial charge in [0.05, 0.1) is 13.2 Å². The first-order valence-electron chi connectivity index (χ1n) is 9.63. The molecule has 29 heavy (non-hydrogen) atoms. The number of benzene rings is 2. The summed E-state index contributed by atoms with van der Waals surface area (Å²) in [4.78, 5) is 0. The van der Waals surface area contributed by atoms with Gasteiger partial charge in [-0.25, -0.2) is 0 Å². The van der Waals surface area contributed by atoms with Crippen molar-refractivity contribution in [2.75, 3.05) is 13.2 Å². The molecule has 2 aromatic rings. The van der Waals surface area contributed by atoms with Crippen LogP contribution < -0.4 is 0 Å². The van der Waals surface area contributed by atoms with E-state index in [1.54, 1.807) is 0 Å². The van der Waals surface area contributed by atoms with E-state index in [9.17, 15) is 25.5 Å². The Morgan fingerprint density at radius 3 is 2.28 bits per heavy atom. The third-order valence-electron chi connectivity index (χ3n) is 5.54. The molecule has 6 nitrogen and oxygen atoms in total. The van der Waals surface area contributed by atoms with Crippen molar-refractivity contribution >= 4 is 5.57 Å². The number of aliphatic hydroxyl groups excluding tert-OH is 5. The second kappa shape index (κ2) is 9.17. The second-order valence-electron chi connectivity index (χ2n) is 7.57. The lowest BCUT2D eigenvalue weighted by Crippen LogP contribution is -2.55. The van der Waals surface area contributed by atoms with Gasteiger partial charge in [-0.05, 0) is 46.7 Å². The Kier molecular flexibility index (Phi) is 6.85. The Morgan fingerprint density at radius 2 is 1.66 bits per heavy atom. The van der Waals surface area contributed by atoms with Crippen LogP contribution in [0.15, 0.2) is 49.0 Å². The summed E-state index contributed by atoms with van der Waals surface area (Å²) < 4.78 is 5.67. The van der Waals surface area contributed by atoms with Crippen LogP contribution in [-0.4, -0.2) is 63.2 Å². The summed E-state index contributed by atoms with van der Waals surface area (Å²) in [5, 5.41) is 49.0. The van der Waals surface area contributed by atoms with E-state index in [1.807, 2.05) is 49.4 Å². The molecule has 1 aliphatic rings. The largest absolute Gasteiger partial charge is 0.394 e. The van der Waals surface area contributed by atoms with Crippen molar-refractivity contribution in [3.05, 3.63) is 76.9 Å². The Bertz CT molecular complexity index is 845. The predicted octanol–water partition coefficient (Wildman–Crippen LogP) is 1.11. The van der Waals surface area contributed by atoms with Crippen LogP contribution in [0.4, 0.5) is 0 Å².